The highest BCUT2D eigenvalue weighted by atomic mass is 19.1. The molecular weight excluding hydrogens is 448 g/mol. The number of nitrogens with zero attached hydrogens (tertiary/aromatic N) is 4. The first-order valence-corrected chi connectivity index (χ1v) is 11.5. The van der Waals surface area contributed by atoms with Gasteiger partial charge in [0.05, 0.1) is 17.0 Å². The Morgan fingerprint density at radius 2 is 1.86 bits per heavy atom. The summed E-state index contributed by atoms with van der Waals surface area (Å²) in [7, 11) is 0. The third kappa shape index (κ3) is 4.51. The molecule has 0 unspecified atom stereocenters. The second-order valence-corrected chi connectivity index (χ2v) is 8.70. The molecule has 1 aliphatic heterocycles. The number of pyridine rings is 1. The molecule has 2 aromatic heterocycles. The lowest BCUT2D eigenvalue weighted by atomic mass is 10.00. The van der Waals surface area contributed by atoms with Gasteiger partial charge in [-0.15, -0.1) is 0 Å². The monoisotopic (exact) mass is 473 g/mol. The molecule has 0 saturated heterocycles. The van der Waals surface area contributed by atoms with Gasteiger partial charge in [-0.2, -0.15) is 5.10 Å². The number of aryl methyl sites for hydroxylation is 1. The quantitative estimate of drug-likeness (QED) is 0.458. The lowest BCUT2D eigenvalue weighted by Crippen LogP contribution is -2.31. The molecule has 3 heterocycles. The Kier molecular flexibility index (Phi) is 6.03. The number of halogens is 2. The van der Waals surface area contributed by atoms with E-state index in [1.165, 1.54) is 21.9 Å². The molecule has 178 valence electrons. The minimum Gasteiger partial charge on any atom is -0.352 e. The van der Waals surface area contributed by atoms with Gasteiger partial charge in [-0.05, 0) is 55.2 Å². The SMILES string of the molecule is Cc1nn(-c2ccc(F)cc2F)c(C)c1C(=O)NCc1ccc(N2CCc3ccccc3C2)nc1. The molecule has 0 fully saturated rings. The van der Waals surface area contributed by atoms with Crippen molar-refractivity contribution >= 4 is 11.7 Å². The number of rotatable bonds is 5. The number of aromatic nitrogens is 3. The fourth-order valence-electron chi connectivity index (χ4n) is 4.53. The minimum atomic E-state index is -0.745. The Hall–Kier alpha value is -4.07. The van der Waals surface area contributed by atoms with E-state index < -0.39 is 11.6 Å². The van der Waals surface area contributed by atoms with E-state index in [-0.39, 0.29) is 11.6 Å². The van der Waals surface area contributed by atoms with Crippen molar-refractivity contribution in [3.05, 3.63) is 106 Å². The van der Waals surface area contributed by atoms with Gasteiger partial charge in [0.2, 0.25) is 0 Å². The molecule has 1 amide bonds. The summed E-state index contributed by atoms with van der Waals surface area (Å²) >= 11 is 0. The predicted octanol–water partition coefficient (Wildman–Crippen LogP) is 4.66. The van der Waals surface area contributed by atoms with Crippen molar-refractivity contribution in [1.29, 1.82) is 0 Å². The van der Waals surface area contributed by atoms with Crippen molar-refractivity contribution in [1.82, 2.24) is 20.1 Å². The Morgan fingerprint density at radius 3 is 2.60 bits per heavy atom. The highest BCUT2D eigenvalue weighted by molar-refractivity contribution is 5.96. The Labute approximate surface area is 202 Å². The summed E-state index contributed by atoms with van der Waals surface area (Å²) in [6.45, 7) is 5.41. The molecule has 1 aliphatic rings. The van der Waals surface area contributed by atoms with Crippen molar-refractivity contribution in [2.45, 2.75) is 33.4 Å². The van der Waals surface area contributed by atoms with Gasteiger partial charge in [-0.3, -0.25) is 4.79 Å². The van der Waals surface area contributed by atoms with Crippen LogP contribution in [0, 0.1) is 25.5 Å². The van der Waals surface area contributed by atoms with Crippen LogP contribution in [0.4, 0.5) is 14.6 Å². The van der Waals surface area contributed by atoms with Crippen LogP contribution in [0.25, 0.3) is 5.69 Å². The topological polar surface area (TPSA) is 63.1 Å². The van der Waals surface area contributed by atoms with Crippen LogP contribution in [0.15, 0.2) is 60.8 Å². The number of hydrogen-bond acceptors (Lipinski definition) is 4. The molecule has 0 radical (unpaired) electrons. The molecule has 6 nitrogen and oxygen atoms in total. The molecular formula is C27H25F2N5O. The van der Waals surface area contributed by atoms with Crippen LogP contribution in [0.3, 0.4) is 0 Å². The first-order chi connectivity index (χ1) is 16.9. The highest BCUT2D eigenvalue weighted by Gasteiger charge is 2.21. The van der Waals surface area contributed by atoms with E-state index in [0.29, 0.717) is 23.5 Å². The average Bonchev–Trinajstić information content (AvgIpc) is 3.16. The number of anilines is 1. The minimum absolute atomic E-state index is 0.0891. The summed E-state index contributed by atoms with van der Waals surface area (Å²) in [5.74, 6) is -0.823. The van der Waals surface area contributed by atoms with Gasteiger partial charge < -0.3 is 10.2 Å². The van der Waals surface area contributed by atoms with Crippen LogP contribution in [-0.2, 0) is 19.5 Å². The van der Waals surface area contributed by atoms with Crippen molar-refractivity contribution in [2.24, 2.45) is 0 Å². The van der Waals surface area contributed by atoms with E-state index in [1.54, 1.807) is 20.0 Å². The maximum absolute atomic E-state index is 14.3. The second-order valence-electron chi connectivity index (χ2n) is 8.70. The molecule has 0 atom stereocenters. The Bertz CT molecular complexity index is 1400. The van der Waals surface area contributed by atoms with Gasteiger partial charge in [0, 0.05) is 31.9 Å². The zero-order chi connectivity index (χ0) is 24.5. The van der Waals surface area contributed by atoms with E-state index in [2.05, 4.69) is 44.6 Å². The van der Waals surface area contributed by atoms with E-state index >= 15 is 0 Å². The van der Waals surface area contributed by atoms with Gasteiger partial charge in [0.1, 0.15) is 17.3 Å². The molecule has 1 N–H and O–H groups in total. The number of carbonyl (C=O) groups excluding carboxylic acids is 1. The number of fused-ring (bicyclic) bond motifs is 1. The van der Waals surface area contributed by atoms with Crippen LogP contribution >= 0.6 is 0 Å². The van der Waals surface area contributed by atoms with Crippen LogP contribution in [-0.4, -0.2) is 27.2 Å². The largest absolute Gasteiger partial charge is 0.352 e. The third-order valence-electron chi connectivity index (χ3n) is 6.37. The summed E-state index contributed by atoms with van der Waals surface area (Å²) in [6, 6.07) is 15.7. The molecule has 0 aliphatic carbocycles. The van der Waals surface area contributed by atoms with E-state index in [1.807, 2.05) is 12.1 Å². The average molecular weight is 474 g/mol. The lowest BCUT2D eigenvalue weighted by molar-refractivity contribution is 0.0949. The van der Waals surface area contributed by atoms with Crippen LogP contribution in [0.1, 0.15) is 38.4 Å². The summed E-state index contributed by atoms with van der Waals surface area (Å²) in [6.07, 6.45) is 2.76. The third-order valence-corrected chi connectivity index (χ3v) is 6.37. The van der Waals surface area contributed by atoms with Crippen molar-refractivity contribution in [3.8, 4) is 5.69 Å². The zero-order valence-corrected chi connectivity index (χ0v) is 19.6. The summed E-state index contributed by atoms with van der Waals surface area (Å²) in [5, 5.41) is 7.20. The van der Waals surface area contributed by atoms with Crippen LogP contribution in [0.5, 0.6) is 0 Å². The van der Waals surface area contributed by atoms with Gasteiger partial charge in [-0.1, -0.05) is 30.3 Å². The number of amides is 1. The van der Waals surface area contributed by atoms with Gasteiger partial charge in [0.15, 0.2) is 5.82 Å². The molecule has 0 spiro atoms. The maximum Gasteiger partial charge on any atom is 0.255 e. The van der Waals surface area contributed by atoms with E-state index in [4.69, 9.17) is 0 Å². The fraction of sp³-hybridized carbons (Fsp3) is 0.222. The number of nitrogens with one attached hydrogen (secondary N) is 1. The second kappa shape index (κ2) is 9.29. The van der Waals surface area contributed by atoms with Crippen molar-refractivity contribution < 1.29 is 13.6 Å². The number of carbonyl (C=O) groups is 1. The first kappa shape index (κ1) is 22.7. The van der Waals surface area contributed by atoms with Crippen molar-refractivity contribution in [3.63, 3.8) is 0 Å². The summed E-state index contributed by atoms with van der Waals surface area (Å²) in [4.78, 5) is 19.8. The smallest absolute Gasteiger partial charge is 0.255 e. The van der Waals surface area contributed by atoms with Gasteiger partial charge in [0.25, 0.3) is 5.91 Å². The Balaban J connectivity index is 1.26. The molecule has 4 aromatic rings. The number of benzene rings is 2. The summed E-state index contributed by atoms with van der Waals surface area (Å²) in [5.41, 5.74) is 4.97. The molecule has 5 rings (SSSR count). The Morgan fingerprint density at radius 1 is 1.06 bits per heavy atom. The fourth-order valence-corrected chi connectivity index (χ4v) is 4.53. The van der Waals surface area contributed by atoms with Crippen molar-refractivity contribution in [2.75, 3.05) is 11.4 Å². The molecule has 0 bridgehead atoms. The van der Waals surface area contributed by atoms with Crippen LogP contribution in [0.2, 0.25) is 0 Å². The van der Waals surface area contributed by atoms with E-state index in [9.17, 15) is 13.6 Å². The zero-order valence-electron chi connectivity index (χ0n) is 19.6. The molecule has 8 heteroatoms. The van der Waals surface area contributed by atoms with Gasteiger partial charge in [-0.25, -0.2) is 18.4 Å². The first-order valence-electron chi connectivity index (χ1n) is 11.5. The highest BCUT2D eigenvalue weighted by Crippen LogP contribution is 2.24. The number of hydrogen-bond donors (Lipinski definition) is 1. The normalized spacial score (nSPS) is 13.0. The lowest BCUT2D eigenvalue weighted by Gasteiger charge is -2.29. The van der Waals surface area contributed by atoms with Gasteiger partial charge >= 0.3 is 0 Å². The predicted molar refractivity (Wildman–Crippen MR) is 130 cm³/mol. The molecule has 35 heavy (non-hydrogen) atoms. The standard InChI is InChI=1S/C27H25F2N5O/c1-17-26(18(2)34(32-17)24-9-8-22(28)13-23(24)29)27(35)31-15-19-7-10-25(30-14-19)33-12-11-20-5-3-4-6-21(20)16-33/h3-10,13-14H,11-12,15-16H2,1-2H3,(H,31,35). The molecule has 0 saturated carbocycles. The molecule has 2 aromatic carbocycles. The maximum atomic E-state index is 14.3. The van der Waals surface area contributed by atoms with E-state index in [0.717, 1.165) is 43.0 Å². The van der Waals surface area contributed by atoms with Crippen LogP contribution < -0.4 is 10.2 Å². The summed E-state index contributed by atoms with van der Waals surface area (Å²) < 4.78 is 28.9.